The van der Waals surface area contributed by atoms with Crippen LogP contribution in [-0.2, 0) is 14.0 Å². The SMILES string of the molecule is C=CCOC(=O)/C=C/[C@H](C)[C@@H](O)c1ccc(OCCO[Si](CCC(F)(F)C(F)(F)C(F)(F)C(F)(F)C(F)(F)C(F)(F)C(F)(F)C(F)(F)F)(C(C)C)C(C)C)cc1. The molecule has 0 aliphatic heterocycles. The molecule has 0 unspecified atom stereocenters. The predicted octanol–water partition coefficient (Wildman–Crippen LogP) is 11.2. The van der Waals surface area contributed by atoms with Crippen molar-refractivity contribution in [3.63, 3.8) is 0 Å². The molecule has 2 atom stereocenters. The highest BCUT2D eigenvalue weighted by atomic mass is 28.4. The Morgan fingerprint density at radius 2 is 1.16 bits per heavy atom. The lowest BCUT2D eigenvalue weighted by atomic mass is 9.88. The second-order valence-corrected chi connectivity index (χ2v) is 18.3. The summed E-state index contributed by atoms with van der Waals surface area (Å²) in [5.74, 6) is -57.8. The maximum absolute atomic E-state index is 14.8. The van der Waals surface area contributed by atoms with Gasteiger partial charge in [-0.15, -0.1) is 0 Å². The van der Waals surface area contributed by atoms with Crippen LogP contribution in [0.4, 0.5) is 74.6 Å². The number of hydrogen-bond donors (Lipinski definition) is 1. The standard InChI is InChI=1S/C33H39F17O5Si/c1-7-15-54-24(51)13-8-21(6)25(52)22-9-11-23(12-10-22)53-16-17-55-56(19(2)3,20(4)5)18-14-26(34,35)27(36,37)28(38,39)29(40,41)30(42,43)31(44,45)32(46,47)33(48,49)50/h7-13,19-21,25,52H,1,14-18H2,2-6H3/b13-8+/t21-,25+/m0/s1. The monoisotopic (exact) mass is 866 g/mol. The molecule has 0 fully saturated rings. The summed E-state index contributed by atoms with van der Waals surface area (Å²) in [6, 6.07) is 4.32. The normalized spacial score (nSPS) is 15.7. The highest BCUT2D eigenvalue weighted by molar-refractivity contribution is 6.76. The van der Waals surface area contributed by atoms with E-state index in [1.165, 1.54) is 64.1 Å². The molecule has 1 rings (SSSR count). The molecule has 0 spiro atoms. The van der Waals surface area contributed by atoms with Gasteiger partial charge in [-0.2, -0.15) is 74.6 Å². The Bertz CT molecular complexity index is 1470. The van der Waals surface area contributed by atoms with Gasteiger partial charge in [-0.25, -0.2) is 4.79 Å². The van der Waals surface area contributed by atoms with E-state index < -0.39 is 104 Å². The molecule has 0 aliphatic rings. The van der Waals surface area contributed by atoms with E-state index in [2.05, 4.69) is 6.58 Å². The second-order valence-electron chi connectivity index (χ2n) is 13.3. The highest BCUT2D eigenvalue weighted by Gasteiger charge is 2.95. The lowest BCUT2D eigenvalue weighted by Crippen LogP contribution is -2.74. The number of alkyl halides is 17. The van der Waals surface area contributed by atoms with Gasteiger partial charge in [-0.3, -0.25) is 0 Å². The van der Waals surface area contributed by atoms with Crippen LogP contribution < -0.4 is 4.74 Å². The van der Waals surface area contributed by atoms with Gasteiger partial charge in [0.25, 0.3) is 0 Å². The molecule has 1 aromatic carbocycles. The van der Waals surface area contributed by atoms with Gasteiger partial charge in [0, 0.05) is 18.4 Å². The molecule has 0 saturated carbocycles. The smallest absolute Gasteiger partial charge is 0.460 e. The average molecular weight is 867 g/mol. The number of halogens is 17. The van der Waals surface area contributed by atoms with Crippen LogP contribution in [0.25, 0.3) is 0 Å². The van der Waals surface area contributed by atoms with Crippen molar-refractivity contribution in [2.75, 3.05) is 19.8 Å². The van der Waals surface area contributed by atoms with E-state index in [0.717, 1.165) is 6.08 Å². The van der Waals surface area contributed by atoms with Crippen molar-refractivity contribution >= 4 is 14.3 Å². The number of aliphatic hydroxyl groups is 1. The molecule has 23 heteroatoms. The summed E-state index contributed by atoms with van der Waals surface area (Å²) in [7, 11) is -3.95. The van der Waals surface area contributed by atoms with Crippen LogP contribution in [-0.4, -0.2) is 86.8 Å². The molecule has 1 aromatic rings. The number of hydrogen-bond acceptors (Lipinski definition) is 5. The summed E-state index contributed by atoms with van der Waals surface area (Å²) in [4.78, 5) is 11.6. The Hall–Kier alpha value is -3.08. The zero-order chi connectivity index (χ0) is 44.1. The Balaban J connectivity index is 3.19. The number of rotatable bonds is 22. The first-order chi connectivity index (χ1) is 25.1. The fourth-order valence-corrected chi connectivity index (χ4v) is 9.80. The van der Waals surface area contributed by atoms with Gasteiger partial charge in [0.15, 0.2) is 8.32 Å². The number of benzene rings is 1. The summed E-state index contributed by atoms with van der Waals surface area (Å²) >= 11 is 0. The number of aliphatic hydroxyl groups excluding tert-OH is 1. The van der Waals surface area contributed by atoms with Crippen LogP contribution in [0.15, 0.2) is 49.1 Å². The molecule has 0 aliphatic carbocycles. The number of carbonyl (C=O) groups is 1. The first-order valence-electron chi connectivity index (χ1n) is 16.3. The molecular formula is C33H39F17O5Si. The van der Waals surface area contributed by atoms with Gasteiger partial charge in [0.1, 0.15) is 19.0 Å². The maximum atomic E-state index is 14.8. The zero-order valence-corrected chi connectivity index (χ0v) is 31.1. The molecule has 0 aromatic heterocycles. The summed E-state index contributed by atoms with van der Waals surface area (Å²) in [5.41, 5.74) is -1.35. The third-order valence-corrected chi connectivity index (χ3v) is 14.6. The molecule has 1 N–H and O–H groups in total. The van der Waals surface area contributed by atoms with Gasteiger partial charge in [0.2, 0.25) is 0 Å². The molecule has 324 valence electrons. The minimum Gasteiger partial charge on any atom is -0.491 e. The van der Waals surface area contributed by atoms with Crippen LogP contribution in [0.2, 0.25) is 17.1 Å². The first-order valence-corrected chi connectivity index (χ1v) is 18.6. The zero-order valence-electron chi connectivity index (χ0n) is 30.1. The van der Waals surface area contributed by atoms with Crippen LogP contribution >= 0.6 is 0 Å². The first kappa shape index (κ1) is 50.9. The maximum Gasteiger partial charge on any atom is 0.460 e. The molecule has 5 nitrogen and oxygen atoms in total. The number of esters is 1. The van der Waals surface area contributed by atoms with E-state index in [1.54, 1.807) is 6.92 Å². The summed E-state index contributed by atoms with van der Waals surface area (Å²) in [6.07, 6.45) is -7.63. The van der Waals surface area contributed by atoms with E-state index in [0.29, 0.717) is 5.56 Å². The Morgan fingerprint density at radius 1 is 0.714 bits per heavy atom. The topological polar surface area (TPSA) is 65.0 Å². The predicted molar refractivity (Wildman–Crippen MR) is 168 cm³/mol. The molecule has 0 amide bonds. The van der Waals surface area contributed by atoms with Crippen LogP contribution in [0.3, 0.4) is 0 Å². The van der Waals surface area contributed by atoms with Crippen LogP contribution in [0.5, 0.6) is 5.75 Å². The van der Waals surface area contributed by atoms with Crippen LogP contribution in [0, 0.1) is 5.92 Å². The lowest BCUT2D eigenvalue weighted by Gasteiger charge is -2.44. The summed E-state index contributed by atoms with van der Waals surface area (Å²) in [6.45, 7) is 9.35. The minimum atomic E-state index is -8.68. The molecule has 0 heterocycles. The molecular weight excluding hydrogens is 827 g/mol. The van der Waals surface area contributed by atoms with E-state index in [4.69, 9.17) is 13.9 Å². The van der Waals surface area contributed by atoms with Crippen molar-refractivity contribution in [1.82, 2.24) is 0 Å². The fraction of sp³-hybridized carbons (Fsp3) is 0.667. The van der Waals surface area contributed by atoms with Crippen molar-refractivity contribution in [2.45, 2.75) is 112 Å². The van der Waals surface area contributed by atoms with Crippen molar-refractivity contribution in [2.24, 2.45) is 5.92 Å². The Morgan fingerprint density at radius 3 is 1.59 bits per heavy atom. The van der Waals surface area contributed by atoms with E-state index in [1.807, 2.05) is 0 Å². The van der Waals surface area contributed by atoms with Gasteiger partial charge in [-0.1, -0.05) is 65.5 Å². The van der Waals surface area contributed by atoms with Crippen molar-refractivity contribution in [1.29, 1.82) is 0 Å². The van der Waals surface area contributed by atoms with E-state index in [9.17, 15) is 84.5 Å². The van der Waals surface area contributed by atoms with Crippen LogP contribution in [0.1, 0.15) is 52.7 Å². The van der Waals surface area contributed by atoms with Gasteiger partial charge >= 0.3 is 53.6 Å². The van der Waals surface area contributed by atoms with Gasteiger partial charge in [0.05, 0.1) is 12.7 Å². The Kier molecular flexibility index (Phi) is 16.2. The number of carbonyl (C=O) groups excluding carboxylic acids is 1. The van der Waals surface area contributed by atoms with Gasteiger partial charge < -0.3 is 19.0 Å². The van der Waals surface area contributed by atoms with Crippen molar-refractivity contribution < 1.29 is 98.4 Å². The minimum absolute atomic E-state index is 0.0273. The van der Waals surface area contributed by atoms with Gasteiger partial charge in [-0.05, 0) is 34.8 Å². The fourth-order valence-electron chi connectivity index (χ4n) is 5.34. The summed E-state index contributed by atoms with van der Waals surface area (Å²) < 4.78 is 250. The Labute approximate surface area is 311 Å². The molecule has 56 heavy (non-hydrogen) atoms. The quantitative estimate of drug-likeness (QED) is 0.0314. The molecule has 0 radical (unpaired) electrons. The number of ether oxygens (including phenoxy) is 2. The third kappa shape index (κ3) is 9.78. The molecule has 0 saturated heterocycles. The molecule has 0 bridgehead atoms. The van der Waals surface area contributed by atoms with E-state index in [-0.39, 0.29) is 19.0 Å². The van der Waals surface area contributed by atoms with E-state index >= 15 is 0 Å². The summed E-state index contributed by atoms with van der Waals surface area (Å²) in [5, 5.41) is 10.6. The third-order valence-electron chi connectivity index (χ3n) is 8.89. The van der Waals surface area contributed by atoms with Crippen molar-refractivity contribution in [3.8, 4) is 5.75 Å². The average Bonchev–Trinajstić information content (AvgIpc) is 3.07. The van der Waals surface area contributed by atoms with Crippen molar-refractivity contribution in [3.05, 3.63) is 54.6 Å². The highest BCUT2D eigenvalue weighted by Crippen LogP contribution is 2.64. The lowest BCUT2D eigenvalue weighted by molar-refractivity contribution is -0.461. The largest absolute Gasteiger partial charge is 0.491 e. The second kappa shape index (κ2) is 17.8.